The molecular weight excluding hydrogens is 234 g/mol. The predicted molar refractivity (Wildman–Crippen MR) is 81.9 cm³/mol. The van der Waals surface area contributed by atoms with E-state index < -0.39 is 0 Å². The Morgan fingerprint density at radius 1 is 1.05 bits per heavy atom. The molecule has 0 saturated heterocycles. The van der Waals surface area contributed by atoms with Gasteiger partial charge in [0.25, 0.3) is 0 Å². The maximum atomic E-state index is 6.21. The van der Waals surface area contributed by atoms with Crippen LogP contribution >= 0.6 is 0 Å². The van der Waals surface area contributed by atoms with Gasteiger partial charge < -0.3 is 15.5 Å². The quantitative estimate of drug-likeness (QED) is 0.886. The molecule has 2 N–H and O–H groups in total. The molecule has 1 aliphatic carbocycles. The smallest absolute Gasteiger partial charge is 0.0609 e. The van der Waals surface area contributed by atoms with Crippen LogP contribution < -0.4 is 15.5 Å². The van der Waals surface area contributed by atoms with Gasteiger partial charge in [-0.2, -0.15) is 0 Å². The average molecular weight is 259 g/mol. The third-order valence-corrected chi connectivity index (χ3v) is 4.98. The van der Waals surface area contributed by atoms with Crippen molar-refractivity contribution in [3.05, 3.63) is 24.3 Å². The van der Waals surface area contributed by atoms with Crippen LogP contribution in [0.15, 0.2) is 24.3 Å². The van der Waals surface area contributed by atoms with Crippen molar-refractivity contribution in [1.29, 1.82) is 0 Å². The van der Waals surface area contributed by atoms with Gasteiger partial charge in [-0.25, -0.2) is 0 Å². The minimum absolute atomic E-state index is 0.204. The minimum Gasteiger partial charge on any atom is -0.371 e. The Hall–Kier alpha value is -1.22. The highest BCUT2D eigenvalue weighted by molar-refractivity contribution is 5.74. The second kappa shape index (κ2) is 5.04. The van der Waals surface area contributed by atoms with Crippen LogP contribution in [-0.4, -0.2) is 32.2 Å². The van der Waals surface area contributed by atoms with Gasteiger partial charge in [-0.15, -0.1) is 0 Å². The zero-order valence-corrected chi connectivity index (χ0v) is 11.9. The number of benzene rings is 1. The molecule has 1 aromatic rings. The molecule has 0 unspecified atom stereocenters. The van der Waals surface area contributed by atoms with Crippen LogP contribution in [0.4, 0.5) is 11.4 Å². The molecule has 1 aliphatic heterocycles. The number of anilines is 2. The summed E-state index contributed by atoms with van der Waals surface area (Å²) in [7, 11) is 2.19. The highest BCUT2D eigenvalue weighted by Crippen LogP contribution is 2.41. The standard InChI is InChI=1S/C16H25N3/c1-18-11-12-19(15-8-4-3-7-14(15)18)16(13-17)9-5-2-6-10-16/h3-4,7-8H,2,5-6,9-13,17H2,1H3. The van der Waals surface area contributed by atoms with Gasteiger partial charge in [0.1, 0.15) is 0 Å². The van der Waals surface area contributed by atoms with Crippen molar-refractivity contribution in [2.24, 2.45) is 5.73 Å². The molecule has 19 heavy (non-hydrogen) atoms. The van der Waals surface area contributed by atoms with E-state index in [4.69, 9.17) is 5.73 Å². The second-order valence-electron chi connectivity index (χ2n) is 6.05. The Morgan fingerprint density at radius 3 is 2.42 bits per heavy atom. The number of rotatable bonds is 2. The van der Waals surface area contributed by atoms with Crippen LogP contribution in [0.2, 0.25) is 0 Å². The maximum Gasteiger partial charge on any atom is 0.0609 e. The maximum absolute atomic E-state index is 6.21. The topological polar surface area (TPSA) is 32.5 Å². The van der Waals surface area contributed by atoms with Gasteiger partial charge in [0, 0.05) is 26.7 Å². The Labute approximate surface area is 116 Å². The number of fused-ring (bicyclic) bond motifs is 1. The van der Waals surface area contributed by atoms with Gasteiger partial charge in [-0.05, 0) is 25.0 Å². The van der Waals surface area contributed by atoms with E-state index in [2.05, 4.69) is 41.1 Å². The predicted octanol–water partition coefficient (Wildman–Crippen LogP) is 2.60. The normalized spacial score (nSPS) is 22.2. The van der Waals surface area contributed by atoms with Gasteiger partial charge in [0.05, 0.1) is 16.9 Å². The molecule has 0 bridgehead atoms. The summed E-state index contributed by atoms with van der Waals surface area (Å²) in [5.41, 5.74) is 9.14. The Kier molecular flexibility index (Phi) is 3.40. The lowest BCUT2D eigenvalue weighted by Gasteiger charge is -2.51. The fourth-order valence-corrected chi connectivity index (χ4v) is 3.79. The van der Waals surface area contributed by atoms with Gasteiger partial charge in [0.2, 0.25) is 0 Å². The van der Waals surface area contributed by atoms with E-state index in [9.17, 15) is 0 Å². The largest absolute Gasteiger partial charge is 0.371 e. The van der Waals surface area contributed by atoms with Crippen LogP contribution in [0, 0.1) is 0 Å². The van der Waals surface area contributed by atoms with Crippen LogP contribution in [0.25, 0.3) is 0 Å². The summed E-state index contributed by atoms with van der Waals surface area (Å²) in [5, 5.41) is 0. The molecule has 2 aliphatic rings. The van der Waals surface area contributed by atoms with Crippen molar-refractivity contribution in [1.82, 2.24) is 0 Å². The van der Waals surface area contributed by atoms with E-state index in [1.165, 1.54) is 43.5 Å². The summed E-state index contributed by atoms with van der Waals surface area (Å²) in [5.74, 6) is 0. The molecular formula is C16H25N3. The van der Waals surface area contributed by atoms with E-state index in [1.807, 2.05) is 0 Å². The summed E-state index contributed by atoms with van der Waals surface area (Å²) >= 11 is 0. The molecule has 0 spiro atoms. The summed E-state index contributed by atoms with van der Waals surface area (Å²) in [6.45, 7) is 2.98. The zero-order valence-electron chi connectivity index (χ0n) is 11.9. The van der Waals surface area contributed by atoms with E-state index in [0.29, 0.717) is 0 Å². The van der Waals surface area contributed by atoms with Gasteiger partial charge in [-0.1, -0.05) is 31.4 Å². The number of para-hydroxylation sites is 2. The molecule has 0 amide bonds. The third-order valence-electron chi connectivity index (χ3n) is 4.98. The summed E-state index contributed by atoms with van der Waals surface area (Å²) in [6, 6.07) is 8.78. The van der Waals surface area contributed by atoms with Gasteiger partial charge in [-0.3, -0.25) is 0 Å². The number of nitrogens with zero attached hydrogens (tertiary/aromatic N) is 2. The molecule has 3 rings (SSSR count). The number of nitrogens with two attached hydrogens (primary N) is 1. The highest BCUT2D eigenvalue weighted by Gasteiger charge is 2.39. The monoisotopic (exact) mass is 259 g/mol. The van der Waals surface area contributed by atoms with Crippen LogP contribution in [0.5, 0.6) is 0 Å². The second-order valence-corrected chi connectivity index (χ2v) is 6.05. The average Bonchev–Trinajstić information content (AvgIpc) is 2.48. The Morgan fingerprint density at radius 2 is 1.74 bits per heavy atom. The van der Waals surface area contributed by atoms with E-state index in [0.717, 1.165) is 19.6 Å². The fourth-order valence-electron chi connectivity index (χ4n) is 3.79. The lowest BCUT2D eigenvalue weighted by Crippen LogP contribution is -2.58. The van der Waals surface area contributed by atoms with Crippen molar-refractivity contribution in [3.8, 4) is 0 Å². The molecule has 1 aromatic carbocycles. The van der Waals surface area contributed by atoms with Crippen molar-refractivity contribution < 1.29 is 0 Å². The Balaban J connectivity index is 1.99. The number of hydrogen-bond donors (Lipinski definition) is 1. The molecule has 0 aromatic heterocycles. The lowest BCUT2D eigenvalue weighted by molar-refractivity contribution is 0.280. The van der Waals surface area contributed by atoms with Crippen LogP contribution in [0.1, 0.15) is 32.1 Å². The van der Waals surface area contributed by atoms with Crippen LogP contribution in [-0.2, 0) is 0 Å². The number of likely N-dealkylation sites (N-methyl/N-ethyl adjacent to an activating group) is 1. The molecule has 1 heterocycles. The first-order valence-corrected chi connectivity index (χ1v) is 7.55. The molecule has 1 saturated carbocycles. The zero-order chi connectivity index (χ0) is 13.3. The van der Waals surface area contributed by atoms with E-state index >= 15 is 0 Å². The van der Waals surface area contributed by atoms with Crippen LogP contribution in [0.3, 0.4) is 0 Å². The highest BCUT2D eigenvalue weighted by atomic mass is 15.3. The van der Waals surface area contributed by atoms with Crippen molar-refractivity contribution in [3.63, 3.8) is 0 Å². The molecule has 0 radical (unpaired) electrons. The lowest BCUT2D eigenvalue weighted by atomic mass is 9.79. The molecule has 104 valence electrons. The Bertz CT molecular complexity index is 437. The molecule has 0 atom stereocenters. The summed E-state index contributed by atoms with van der Waals surface area (Å²) < 4.78 is 0. The molecule has 3 nitrogen and oxygen atoms in total. The van der Waals surface area contributed by atoms with Crippen molar-refractivity contribution in [2.75, 3.05) is 36.5 Å². The van der Waals surface area contributed by atoms with Gasteiger partial charge >= 0.3 is 0 Å². The SMILES string of the molecule is CN1CCN(C2(CN)CCCCC2)c2ccccc21. The minimum atomic E-state index is 0.204. The first-order chi connectivity index (χ1) is 9.27. The first-order valence-electron chi connectivity index (χ1n) is 7.55. The van der Waals surface area contributed by atoms with E-state index in [1.54, 1.807) is 0 Å². The van der Waals surface area contributed by atoms with Gasteiger partial charge in [0.15, 0.2) is 0 Å². The summed E-state index contributed by atoms with van der Waals surface area (Å²) in [6.07, 6.45) is 6.53. The van der Waals surface area contributed by atoms with Crippen molar-refractivity contribution in [2.45, 2.75) is 37.6 Å². The van der Waals surface area contributed by atoms with E-state index in [-0.39, 0.29) is 5.54 Å². The third kappa shape index (κ3) is 2.10. The summed E-state index contributed by atoms with van der Waals surface area (Å²) in [4.78, 5) is 4.97. The molecule has 3 heteroatoms. The first kappa shape index (κ1) is 12.8. The van der Waals surface area contributed by atoms with Crippen molar-refractivity contribution >= 4 is 11.4 Å². The molecule has 1 fully saturated rings. The number of hydrogen-bond acceptors (Lipinski definition) is 3. The fraction of sp³-hybridized carbons (Fsp3) is 0.625.